The lowest BCUT2D eigenvalue weighted by Crippen LogP contribution is -2.01. The largest absolute Gasteiger partial charge is 0.497 e. The molecule has 0 bridgehead atoms. The third kappa shape index (κ3) is 2.22. The van der Waals surface area contributed by atoms with Crippen molar-refractivity contribution in [1.29, 1.82) is 0 Å². The zero-order chi connectivity index (χ0) is 13.2. The molecule has 0 saturated heterocycles. The molecule has 0 atom stereocenters. The summed E-state index contributed by atoms with van der Waals surface area (Å²) in [6.45, 7) is 0. The van der Waals surface area contributed by atoms with E-state index in [0.717, 1.165) is 17.1 Å². The molecule has 0 amide bonds. The summed E-state index contributed by atoms with van der Waals surface area (Å²) in [7, 11) is 1.65. The fourth-order valence-corrected chi connectivity index (χ4v) is 2.02. The maximum Gasteiger partial charge on any atom is 0.183 e. The van der Waals surface area contributed by atoms with Crippen LogP contribution >= 0.6 is 0 Å². The molecule has 1 aromatic carbocycles. The van der Waals surface area contributed by atoms with Gasteiger partial charge < -0.3 is 4.74 Å². The number of hydrogen-bond acceptors (Lipinski definition) is 3. The topological polar surface area (TPSA) is 59.4 Å². The highest BCUT2D eigenvalue weighted by Gasteiger charge is 2.05. The van der Waals surface area contributed by atoms with E-state index >= 15 is 0 Å². The Hall–Kier alpha value is -2.56. The molecule has 19 heavy (non-hydrogen) atoms. The van der Waals surface area contributed by atoms with E-state index in [0.29, 0.717) is 12.1 Å². The molecular weight excluding hydrogens is 242 g/mol. The zero-order valence-corrected chi connectivity index (χ0v) is 10.5. The summed E-state index contributed by atoms with van der Waals surface area (Å²) in [4.78, 5) is 11.2. The van der Waals surface area contributed by atoms with E-state index in [1.807, 2.05) is 28.7 Å². The van der Waals surface area contributed by atoms with Crippen LogP contribution in [0.2, 0.25) is 0 Å². The van der Waals surface area contributed by atoms with Gasteiger partial charge in [-0.1, -0.05) is 12.1 Å². The van der Waals surface area contributed by atoms with Crippen LogP contribution in [0.3, 0.4) is 0 Å². The Bertz CT molecular complexity index is 756. The molecule has 5 nitrogen and oxygen atoms in total. The lowest BCUT2D eigenvalue weighted by molar-refractivity contribution is 0.414. The van der Waals surface area contributed by atoms with Crippen molar-refractivity contribution in [3.8, 4) is 5.75 Å². The highest BCUT2D eigenvalue weighted by molar-refractivity contribution is 5.38. The summed E-state index contributed by atoms with van der Waals surface area (Å²) in [5.74, 6) is 1.69. The van der Waals surface area contributed by atoms with E-state index in [9.17, 15) is 4.79 Å². The minimum atomic E-state index is -0.0281. The SMILES string of the molecule is COc1ccc(Cc2n[nH]c3cc(=O)ccn23)cc1. The van der Waals surface area contributed by atoms with E-state index in [2.05, 4.69) is 10.2 Å². The molecule has 3 aromatic rings. The lowest BCUT2D eigenvalue weighted by atomic mass is 10.1. The van der Waals surface area contributed by atoms with Gasteiger partial charge in [0.1, 0.15) is 17.2 Å². The van der Waals surface area contributed by atoms with Gasteiger partial charge in [0.15, 0.2) is 5.43 Å². The number of methoxy groups -OCH3 is 1. The molecule has 0 fully saturated rings. The van der Waals surface area contributed by atoms with Crippen LogP contribution in [-0.2, 0) is 6.42 Å². The molecular formula is C14H13N3O2. The van der Waals surface area contributed by atoms with Gasteiger partial charge >= 0.3 is 0 Å². The minimum Gasteiger partial charge on any atom is -0.497 e. The Morgan fingerprint density at radius 2 is 2.05 bits per heavy atom. The van der Waals surface area contributed by atoms with E-state index in [4.69, 9.17) is 4.74 Å². The van der Waals surface area contributed by atoms with E-state index < -0.39 is 0 Å². The number of pyridine rings is 1. The minimum absolute atomic E-state index is 0.0281. The summed E-state index contributed by atoms with van der Waals surface area (Å²) in [5, 5.41) is 7.10. The highest BCUT2D eigenvalue weighted by Crippen LogP contribution is 2.14. The number of aromatic amines is 1. The second-order valence-electron chi connectivity index (χ2n) is 4.28. The van der Waals surface area contributed by atoms with Gasteiger partial charge in [0.2, 0.25) is 0 Å². The number of hydrogen-bond donors (Lipinski definition) is 1. The molecule has 0 radical (unpaired) electrons. The van der Waals surface area contributed by atoms with Crippen molar-refractivity contribution in [2.24, 2.45) is 0 Å². The second kappa shape index (κ2) is 4.61. The average Bonchev–Trinajstić information content (AvgIpc) is 2.82. The Kier molecular flexibility index (Phi) is 2.79. The first-order valence-corrected chi connectivity index (χ1v) is 5.95. The monoisotopic (exact) mass is 255 g/mol. The lowest BCUT2D eigenvalue weighted by Gasteiger charge is -2.02. The number of ether oxygens (including phenoxy) is 1. The molecule has 0 unspecified atom stereocenters. The number of nitrogens with one attached hydrogen (secondary N) is 1. The number of H-pyrrole nitrogens is 1. The van der Waals surface area contributed by atoms with Crippen molar-refractivity contribution < 1.29 is 4.74 Å². The molecule has 3 rings (SSSR count). The molecule has 5 heteroatoms. The van der Waals surface area contributed by atoms with Gasteiger partial charge in [-0.3, -0.25) is 14.3 Å². The molecule has 2 heterocycles. The molecule has 0 spiro atoms. The van der Waals surface area contributed by atoms with Crippen LogP contribution in [-0.4, -0.2) is 21.7 Å². The number of rotatable bonds is 3. The number of benzene rings is 1. The van der Waals surface area contributed by atoms with Crippen LogP contribution in [0.25, 0.3) is 5.65 Å². The fraction of sp³-hybridized carbons (Fsp3) is 0.143. The summed E-state index contributed by atoms with van der Waals surface area (Å²) in [6, 6.07) is 10.9. The number of aromatic nitrogens is 3. The molecule has 0 saturated carbocycles. The standard InChI is InChI=1S/C14H13N3O2/c1-19-12-4-2-10(3-5-12)8-13-15-16-14-9-11(18)6-7-17(13)14/h2-7,9,16H,8H2,1H3. The van der Waals surface area contributed by atoms with Crippen molar-refractivity contribution in [2.45, 2.75) is 6.42 Å². The zero-order valence-electron chi connectivity index (χ0n) is 10.5. The van der Waals surface area contributed by atoms with Crippen LogP contribution in [0.1, 0.15) is 11.4 Å². The molecule has 0 aliphatic heterocycles. The second-order valence-corrected chi connectivity index (χ2v) is 4.28. The van der Waals surface area contributed by atoms with Gasteiger partial charge in [0.25, 0.3) is 0 Å². The smallest absolute Gasteiger partial charge is 0.183 e. The van der Waals surface area contributed by atoms with Gasteiger partial charge in [-0.05, 0) is 17.7 Å². The first kappa shape index (κ1) is 11.5. The van der Waals surface area contributed by atoms with Crippen molar-refractivity contribution in [3.63, 3.8) is 0 Å². The maximum atomic E-state index is 11.2. The van der Waals surface area contributed by atoms with Crippen LogP contribution < -0.4 is 10.2 Å². The average molecular weight is 255 g/mol. The van der Waals surface area contributed by atoms with E-state index in [1.165, 1.54) is 12.1 Å². The van der Waals surface area contributed by atoms with Crippen LogP contribution in [0.5, 0.6) is 5.75 Å². The Labute approximate surface area is 109 Å². The van der Waals surface area contributed by atoms with Gasteiger partial charge in [-0.25, -0.2) is 0 Å². The third-order valence-electron chi connectivity index (χ3n) is 3.03. The van der Waals surface area contributed by atoms with Gasteiger partial charge in [0, 0.05) is 24.8 Å². The molecule has 96 valence electrons. The Balaban J connectivity index is 1.94. The summed E-state index contributed by atoms with van der Waals surface area (Å²) >= 11 is 0. The highest BCUT2D eigenvalue weighted by atomic mass is 16.5. The third-order valence-corrected chi connectivity index (χ3v) is 3.03. The first-order chi connectivity index (χ1) is 9.26. The van der Waals surface area contributed by atoms with Gasteiger partial charge in [-0.15, -0.1) is 0 Å². The van der Waals surface area contributed by atoms with Crippen LogP contribution in [0, 0.1) is 0 Å². The Morgan fingerprint density at radius 1 is 1.26 bits per heavy atom. The van der Waals surface area contributed by atoms with Crippen molar-refractivity contribution in [2.75, 3.05) is 7.11 Å². The van der Waals surface area contributed by atoms with Crippen LogP contribution in [0.4, 0.5) is 0 Å². The Morgan fingerprint density at radius 3 is 2.79 bits per heavy atom. The predicted molar refractivity (Wildman–Crippen MR) is 71.6 cm³/mol. The van der Waals surface area contributed by atoms with Gasteiger partial charge in [0.05, 0.1) is 7.11 Å². The van der Waals surface area contributed by atoms with E-state index in [1.54, 1.807) is 13.3 Å². The molecule has 0 aliphatic carbocycles. The van der Waals surface area contributed by atoms with Crippen molar-refractivity contribution in [1.82, 2.24) is 14.6 Å². The normalized spacial score (nSPS) is 10.8. The predicted octanol–water partition coefficient (Wildman–Crippen LogP) is 1.62. The molecule has 0 aliphatic rings. The fourth-order valence-electron chi connectivity index (χ4n) is 2.02. The number of fused-ring (bicyclic) bond motifs is 1. The molecule has 2 aromatic heterocycles. The maximum absolute atomic E-state index is 11.2. The van der Waals surface area contributed by atoms with Crippen LogP contribution in [0.15, 0.2) is 47.4 Å². The summed E-state index contributed by atoms with van der Waals surface area (Å²) < 4.78 is 7.01. The van der Waals surface area contributed by atoms with Crippen molar-refractivity contribution >= 4 is 5.65 Å². The first-order valence-electron chi connectivity index (χ1n) is 5.95. The number of nitrogens with zero attached hydrogens (tertiary/aromatic N) is 2. The van der Waals surface area contributed by atoms with E-state index in [-0.39, 0.29) is 5.43 Å². The molecule has 1 N–H and O–H groups in total. The van der Waals surface area contributed by atoms with Gasteiger partial charge in [-0.2, -0.15) is 5.10 Å². The summed E-state index contributed by atoms with van der Waals surface area (Å²) in [6.07, 6.45) is 2.42. The quantitative estimate of drug-likeness (QED) is 0.773. The van der Waals surface area contributed by atoms with Crippen molar-refractivity contribution in [3.05, 3.63) is 64.2 Å². The summed E-state index contributed by atoms with van der Waals surface area (Å²) in [5.41, 5.74) is 1.81.